The van der Waals surface area contributed by atoms with Gasteiger partial charge in [-0.2, -0.15) is 0 Å². The molecule has 2 heteroatoms. The zero-order chi connectivity index (χ0) is 8.13. The zero-order valence-corrected chi connectivity index (χ0v) is 7.43. The van der Waals surface area contributed by atoms with Crippen molar-refractivity contribution in [2.75, 3.05) is 6.54 Å². The lowest BCUT2D eigenvalue weighted by atomic mass is 9.98. The molecule has 0 aromatic heterocycles. The van der Waals surface area contributed by atoms with E-state index in [0.29, 0.717) is 0 Å². The minimum atomic E-state index is 0. The molecule has 0 aromatic carbocycles. The Morgan fingerprint density at radius 2 is 2.42 bits per heavy atom. The molecule has 2 aliphatic heterocycles. The summed E-state index contributed by atoms with van der Waals surface area (Å²) in [5, 5.41) is 3.40. The van der Waals surface area contributed by atoms with Gasteiger partial charge in [-0.3, -0.25) is 0 Å². The lowest BCUT2D eigenvalue weighted by Gasteiger charge is -2.22. The maximum absolute atomic E-state index is 4.61. The van der Waals surface area contributed by atoms with Crippen LogP contribution in [0, 0.1) is 11.8 Å². The molecule has 1 aliphatic carbocycles. The average molecular weight is 164 g/mol. The molecule has 2 nitrogen and oxygen atoms in total. The van der Waals surface area contributed by atoms with Crippen LogP contribution in [0.5, 0.6) is 0 Å². The summed E-state index contributed by atoms with van der Waals surface area (Å²) in [6.45, 7) is 3.29. The molecule has 0 aromatic rings. The Hall–Kier alpha value is -0.790. The third kappa shape index (κ3) is 0.780. The standard InChI is InChI=1S/C10H14N2.H2/c1-6-8-5-9(8)7-3-2-4-11-10(7)12-6;/h8-9,11H,2-5H2,1H3;1H. The second-order valence-electron chi connectivity index (χ2n) is 4.11. The van der Waals surface area contributed by atoms with Crippen molar-refractivity contribution in [1.82, 2.24) is 5.32 Å². The summed E-state index contributed by atoms with van der Waals surface area (Å²) in [7, 11) is 0. The van der Waals surface area contributed by atoms with Gasteiger partial charge in [0.25, 0.3) is 0 Å². The molecule has 2 atom stereocenters. The molecule has 3 rings (SSSR count). The molecule has 0 bridgehead atoms. The van der Waals surface area contributed by atoms with Crippen LogP contribution in [0.3, 0.4) is 0 Å². The van der Waals surface area contributed by atoms with Crippen LogP contribution in [0.4, 0.5) is 0 Å². The van der Waals surface area contributed by atoms with E-state index in [2.05, 4.69) is 17.2 Å². The Balaban J connectivity index is 0.000000653. The molecule has 12 heavy (non-hydrogen) atoms. The zero-order valence-electron chi connectivity index (χ0n) is 7.43. The van der Waals surface area contributed by atoms with Crippen molar-refractivity contribution in [2.45, 2.75) is 26.2 Å². The first-order chi connectivity index (χ1) is 5.86. The predicted molar refractivity (Wildman–Crippen MR) is 51.1 cm³/mol. The van der Waals surface area contributed by atoms with Crippen molar-refractivity contribution in [1.29, 1.82) is 0 Å². The summed E-state index contributed by atoms with van der Waals surface area (Å²) < 4.78 is 0. The number of nitrogens with one attached hydrogen (secondary N) is 1. The maximum Gasteiger partial charge on any atom is 0.125 e. The first-order valence-corrected chi connectivity index (χ1v) is 4.88. The van der Waals surface area contributed by atoms with Gasteiger partial charge in [-0.05, 0) is 37.7 Å². The lowest BCUT2D eigenvalue weighted by Crippen LogP contribution is -2.25. The van der Waals surface area contributed by atoms with Gasteiger partial charge >= 0.3 is 0 Å². The van der Waals surface area contributed by atoms with Crippen molar-refractivity contribution < 1.29 is 1.43 Å². The van der Waals surface area contributed by atoms with E-state index in [0.717, 1.165) is 18.4 Å². The fourth-order valence-corrected chi connectivity index (χ4v) is 2.49. The van der Waals surface area contributed by atoms with Crippen molar-refractivity contribution >= 4 is 5.71 Å². The first-order valence-electron chi connectivity index (χ1n) is 4.88. The lowest BCUT2D eigenvalue weighted by molar-refractivity contribution is 0.613. The molecule has 0 spiro atoms. The highest BCUT2D eigenvalue weighted by atomic mass is 15.1. The summed E-state index contributed by atoms with van der Waals surface area (Å²) in [6.07, 6.45) is 3.97. The van der Waals surface area contributed by atoms with Gasteiger partial charge in [-0.1, -0.05) is 0 Å². The van der Waals surface area contributed by atoms with E-state index in [9.17, 15) is 0 Å². The average Bonchev–Trinajstić information content (AvgIpc) is 2.84. The quantitative estimate of drug-likeness (QED) is 0.581. The van der Waals surface area contributed by atoms with Gasteiger partial charge in [0.05, 0.1) is 0 Å². The molecule has 1 fully saturated rings. The fourth-order valence-electron chi connectivity index (χ4n) is 2.49. The van der Waals surface area contributed by atoms with E-state index >= 15 is 0 Å². The van der Waals surface area contributed by atoms with Crippen LogP contribution in [0.25, 0.3) is 0 Å². The van der Waals surface area contributed by atoms with Crippen LogP contribution in [-0.2, 0) is 0 Å². The van der Waals surface area contributed by atoms with E-state index in [1.54, 1.807) is 5.57 Å². The topological polar surface area (TPSA) is 24.4 Å². The maximum atomic E-state index is 4.61. The van der Waals surface area contributed by atoms with Gasteiger partial charge in [-0.25, -0.2) is 4.99 Å². The van der Waals surface area contributed by atoms with Crippen LogP contribution in [-0.4, -0.2) is 12.3 Å². The second-order valence-corrected chi connectivity index (χ2v) is 4.11. The Morgan fingerprint density at radius 1 is 1.50 bits per heavy atom. The van der Waals surface area contributed by atoms with Crippen molar-refractivity contribution in [3.8, 4) is 0 Å². The molecule has 1 saturated carbocycles. The molecule has 0 saturated heterocycles. The molecule has 66 valence electrons. The summed E-state index contributed by atoms with van der Waals surface area (Å²) in [4.78, 5) is 4.61. The molecule has 2 unspecified atom stereocenters. The number of allylic oxidation sites excluding steroid dienone is 1. The first kappa shape index (κ1) is 6.70. The fraction of sp³-hybridized carbons (Fsp3) is 0.700. The highest BCUT2D eigenvalue weighted by molar-refractivity contribution is 5.89. The largest absolute Gasteiger partial charge is 0.370 e. The van der Waals surface area contributed by atoms with Crippen LogP contribution in [0.1, 0.15) is 27.6 Å². The minimum Gasteiger partial charge on any atom is -0.370 e. The normalized spacial score (nSPS) is 37.9. The number of nitrogens with zero attached hydrogens (tertiary/aromatic N) is 1. The Labute approximate surface area is 74.2 Å². The van der Waals surface area contributed by atoms with Gasteiger partial charge < -0.3 is 5.32 Å². The van der Waals surface area contributed by atoms with E-state index < -0.39 is 0 Å². The SMILES string of the molecule is CC1=NC2=C(CCCN2)C2CC12.[HH]. The van der Waals surface area contributed by atoms with Gasteiger partial charge in [0.1, 0.15) is 5.82 Å². The monoisotopic (exact) mass is 164 g/mol. The molecule has 1 N–H and O–H groups in total. The molecular weight excluding hydrogens is 148 g/mol. The Kier molecular flexibility index (Phi) is 1.18. The molecule has 3 aliphatic rings. The van der Waals surface area contributed by atoms with Gasteiger partial charge in [0.2, 0.25) is 0 Å². The van der Waals surface area contributed by atoms with Crippen LogP contribution in [0.2, 0.25) is 0 Å². The third-order valence-corrected chi connectivity index (χ3v) is 3.28. The van der Waals surface area contributed by atoms with Gasteiger partial charge in [-0.15, -0.1) is 0 Å². The molecule has 2 heterocycles. The van der Waals surface area contributed by atoms with E-state index in [-0.39, 0.29) is 1.43 Å². The van der Waals surface area contributed by atoms with Crippen molar-refractivity contribution in [3.05, 3.63) is 11.4 Å². The van der Waals surface area contributed by atoms with E-state index in [1.807, 2.05) is 0 Å². The smallest absolute Gasteiger partial charge is 0.125 e. The molecular formula is C10H16N2. The van der Waals surface area contributed by atoms with Gasteiger partial charge in [0, 0.05) is 19.6 Å². The summed E-state index contributed by atoms with van der Waals surface area (Å²) in [5.74, 6) is 2.92. The van der Waals surface area contributed by atoms with Crippen LogP contribution < -0.4 is 5.32 Å². The van der Waals surface area contributed by atoms with Crippen LogP contribution >= 0.6 is 0 Å². The highest BCUT2D eigenvalue weighted by Crippen LogP contribution is 2.50. The number of rotatable bonds is 0. The van der Waals surface area contributed by atoms with Gasteiger partial charge in [0.15, 0.2) is 0 Å². The van der Waals surface area contributed by atoms with E-state index in [4.69, 9.17) is 0 Å². The Morgan fingerprint density at radius 3 is 3.33 bits per heavy atom. The van der Waals surface area contributed by atoms with E-state index in [1.165, 1.54) is 30.8 Å². The summed E-state index contributed by atoms with van der Waals surface area (Å²) >= 11 is 0. The van der Waals surface area contributed by atoms with Crippen LogP contribution in [0.15, 0.2) is 16.4 Å². The number of aliphatic imine (C=N–C) groups is 1. The highest BCUT2D eigenvalue weighted by Gasteiger charge is 2.45. The number of hydrogen-bond acceptors (Lipinski definition) is 2. The number of fused-ring (bicyclic) bond motifs is 2. The van der Waals surface area contributed by atoms with Crippen molar-refractivity contribution in [2.24, 2.45) is 16.8 Å². The third-order valence-electron chi connectivity index (χ3n) is 3.28. The van der Waals surface area contributed by atoms with Crippen molar-refractivity contribution in [3.63, 3.8) is 0 Å². The summed E-state index contributed by atoms with van der Waals surface area (Å²) in [5.41, 5.74) is 2.98. The molecule has 0 radical (unpaired) electrons. The number of hydrogen-bond donors (Lipinski definition) is 1. The summed E-state index contributed by atoms with van der Waals surface area (Å²) in [6, 6.07) is 0. The minimum absolute atomic E-state index is 0. The Bertz CT molecular complexity index is 293. The molecule has 0 amide bonds. The predicted octanol–water partition coefficient (Wildman–Crippen LogP) is 1.94. The second kappa shape index (κ2) is 2.12.